The van der Waals surface area contributed by atoms with Crippen LogP contribution in [0.25, 0.3) is 0 Å². The average Bonchev–Trinajstić information content (AvgIpc) is 2.21. The summed E-state index contributed by atoms with van der Waals surface area (Å²) < 4.78 is 26.0. The Balaban J connectivity index is 2.84. The lowest BCUT2D eigenvalue weighted by molar-refractivity contribution is 0.0948. The zero-order chi connectivity index (χ0) is 12.3. The molecule has 0 atom stereocenters. The van der Waals surface area contributed by atoms with Crippen molar-refractivity contribution < 1.29 is 13.6 Å². The van der Waals surface area contributed by atoms with Crippen molar-refractivity contribution in [3.63, 3.8) is 0 Å². The molecule has 0 radical (unpaired) electrons. The molecule has 0 aliphatic rings. The second kappa shape index (κ2) is 5.39. The molecule has 1 amide bonds. The predicted octanol–water partition coefficient (Wildman–Crippen LogP) is 3.11. The molecule has 1 aromatic carbocycles. The zero-order valence-electron chi connectivity index (χ0n) is 8.98. The fraction of sp³-hybridized carbons (Fsp3) is 0.364. The van der Waals surface area contributed by atoms with E-state index in [9.17, 15) is 13.6 Å². The van der Waals surface area contributed by atoms with E-state index in [-0.39, 0.29) is 16.0 Å². The summed E-state index contributed by atoms with van der Waals surface area (Å²) in [7, 11) is 0. The van der Waals surface area contributed by atoms with Crippen molar-refractivity contribution in [3.05, 3.63) is 33.8 Å². The molecule has 0 saturated carbocycles. The van der Waals surface area contributed by atoms with E-state index < -0.39 is 17.5 Å². The summed E-state index contributed by atoms with van der Waals surface area (Å²) in [5, 5.41) is 2.58. The van der Waals surface area contributed by atoms with Crippen LogP contribution >= 0.6 is 15.9 Å². The summed E-state index contributed by atoms with van der Waals surface area (Å²) in [4.78, 5) is 11.5. The highest BCUT2D eigenvalue weighted by atomic mass is 79.9. The van der Waals surface area contributed by atoms with Crippen molar-refractivity contribution in [2.45, 2.75) is 13.8 Å². The molecule has 0 aliphatic carbocycles. The second-order valence-electron chi connectivity index (χ2n) is 3.86. The predicted molar refractivity (Wildman–Crippen MR) is 61.2 cm³/mol. The van der Waals surface area contributed by atoms with Crippen LogP contribution < -0.4 is 5.32 Å². The van der Waals surface area contributed by atoms with Gasteiger partial charge >= 0.3 is 0 Å². The van der Waals surface area contributed by atoms with Crippen molar-refractivity contribution in [1.29, 1.82) is 0 Å². The first-order valence-electron chi connectivity index (χ1n) is 4.84. The van der Waals surface area contributed by atoms with E-state index in [1.807, 2.05) is 13.8 Å². The lowest BCUT2D eigenvalue weighted by atomic mass is 10.2. The topological polar surface area (TPSA) is 29.1 Å². The Morgan fingerprint density at radius 1 is 1.38 bits per heavy atom. The molecule has 0 fully saturated rings. The molecular weight excluding hydrogens is 280 g/mol. The maximum Gasteiger partial charge on any atom is 0.251 e. The van der Waals surface area contributed by atoms with Gasteiger partial charge in [0.25, 0.3) is 5.91 Å². The van der Waals surface area contributed by atoms with Gasteiger partial charge in [0, 0.05) is 12.1 Å². The maximum atomic E-state index is 13.1. The van der Waals surface area contributed by atoms with Crippen molar-refractivity contribution in [2.24, 2.45) is 5.92 Å². The third kappa shape index (κ3) is 3.27. The normalized spacial score (nSPS) is 10.6. The molecule has 88 valence electrons. The summed E-state index contributed by atoms with van der Waals surface area (Å²) in [6.45, 7) is 4.34. The van der Waals surface area contributed by atoms with Gasteiger partial charge in [0.05, 0.1) is 4.47 Å². The molecule has 0 aliphatic heterocycles. The minimum Gasteiger partial charge on any atom is -0.352 e. The molecule has 16 heavy (non-hydrogen) atoms. The minimum absolute atomic E-state index is 0.0150. The van der Waals surface area contributed by atoms with Crippen LogP contribution in [0.4, 0.5) is 8.78 Å². The molecule has 0 saturated heterocycles. The average molecular weight is 292 g/mol. The highest BCUT2D eigenvalue weighted by Crippen LogP contribution is 2.21. The fourth-order valence-corrected chi connectivity index (χ4v) is 1.31. The Bertz CT molecular complexity index is 384. The van der Waals surface area contributed by atoms with E-state index in [0.29, 0.717) is 6.54 Å². The Kier molecular flexibility index (Phi) is 4.41. The first-order valence-corrected chi connectivity index (χ1v) is 5.64. The van der Waals surface area contributed by atoms with Gasteiger partial charge in [0.1, 0.15) is 11.6 Å². The Morgan fingerprint density at radius 3 is 2.31 bits per heavy atom. The number of nitrogens with one attached hydrogen (secondary N) is 1. The molecule has 0 bridgehead atoms. The standard InChI is InChI=1S/C11H12BrF2NO/c1-6(2)5-15-11(16)7-3-8(13)10(12)9(14)4-7/h3-4,6H,5H2,1-2H3,(H,15,16). The van der Waals surface area contributed by atoms with Crippen molar-refractivity contribution in [2.75, 3.05) is 6.54 Å². The van der Waals surface area contributed by atoms with Crippen LogP contribution in [0.3, 0.4) is 0 Å². The van der Waals surface area contributed by atoms with Crippen molar-refractivity contribution in [3.8, 4) is 0 Å². The van der Waals surface area contributed by atoms with E-state index >= 15 is 0 Å². The van der Waals surface area contributed by atoms with Gasteiger partial charge in [0.2, 0.25) is 0 Å². The van der Waals surface area contributed by atoms with E-state index in [4.69, 9.17) is 0 Å². The number of halogens is 3. The lowest BCUT2D eigenvalue weighted by Gasteiger charge is -2.08. The number of hydrogen-bond acceptors (Lipinski definition) is 1. The third-order valence-corrected chi connectivity index (χ3v) is 2.67. The van der Waals surface area contributed by atoms with E-state index in [2.05, 4.69) is 21.2 Å². The number of amides is 1. The minimum atomic E-state index is -0.783. The third-order valence-electron chi connectivity index (χ3n) is 1.92. The van der Waals surface area contributed by atoms with Crippen molar-refractivity contribution in [1.82, 2.24) is 5.32 Å². The number of hydrogen-bond donors (Lipinski definition) is 1. The van der Waals surface area contributed by atoms with Crippen LogP contribution in [0.2, 0.25) is 0 Å². The van der Waals surface area contributed by atoms with Crippen LogP contribution in [-0.4, -0.2) is 12.5 Å². The Labute approximate surface area is 101 Å². The maximum absolute atomic E-state index is 13.1. The zero-order valence-corrected chi connectivity index (χ0v) is 10.6. The smallest absolute Gasteiger partial charge is 0.251 e. The molecule has 5 heteroatoms. The quantitative estimate of drug-likeness (QED) is 0.852. The highest BCUT2D eigenvalue weighted by molar-refractivity contribution is 9.10. The molecule has 0 unspecified atom stereocenters. The van der Waals surface area contributed by atoms with Gasteiger partial charge in [-0.1, -0.05) is 13.8 Å². The van der Waals surface area contributed by atoms with E-state index in [1.165, 1.54) is 0 Å². The van der Waals surface area contributed by atoms with Crippen LogP contribution in [0.5, 0.6) is 0 Å². The number of carbonyl (C=O) groups excluding carboxylic acids is 1. The lowest BCUT2D eigenvalue weighted by Crippen LogP contribution is -2.27. The van der Waals surface area contributed by atoms with Crippen LogP contribution in [0.1, 0.15) is 24.2 Å². The SMILES string of the molecule is CC(C)CNC(=O)c1cc(F)c(Br)c(F)c1. The molecule has 0 aromatic heterocycles. The van der Waals surface area contributed by atoms with E-state index in [1.54, 1.807) is 0 Å². The van der Waals surface area contributed by atoms with Crippen molar-refractivity contribution >= 4 is 21.8 Å². The summed E-state index contributed by atoms with van der Waals surface area (Å²) in [6, 6.07) is 2.01. The van der Waals surface area contributed by atoms with Crippen LogP contribution in [0.15, 0.2) is 16.6 Å². The first-order chi connectivity index (χ1) is 7.41. The summed E-state index contributed by atoms with van der Waals surface area (Å²) in [5.41, 5.74) is -0.0150. The van der Waals surface area contributed by atoms with Gasteiger partial charge in [-0.2, -0.15) is 0 Å². The van der Waals surface area contributed by atoms with E-state index in [0.717, 1.165) is 12.1 Å². The van der Waals surface area contributed by atoms with Crippen LogP contribution in [0, 0.1) is 17.6 Å². The first kappa shape index (κ1) is 13.1. The molecule has 1 aromatic rings. The molecule has 0 spiro atoms. The second-order valence-corrected chi connectivity index (χ2v) is 4.65. The summed E-state index contributed by atoms with van der Waals surface area (Å²) in [6.07, 6.45) is 0. The number of rotatable bonds is 3. The monoisotopic (exact) mass is 291 g/mol. The van der Waals surface area contributed by atoms with Crippen LogP contribution in [-0.2, 0) is 0 Å². The largest absolute Gasteiger partial charge is 0.352 e. The van der Waals surface area contributed by atoms with Gasteiger partial charge in [-0.25, -0.2) is 8.78 Å². The number of benzene rings is 1. The van der Waals surface area contributed by atoms with Gasteiger partial charge in [-0.05, 0) is 34.0 Å². The fourth-order valence-electron chi connectivity index (χ4n) is 1.09. The van der Waals surface area contributed by atoms with Gasteiger partial charge in [0.15, 0.2) is 0 Å². The van der Waals surface area contributed by atoms with Gasteiger partial charge in [-0.3, -0.25) is 4.79 Å². The Morgan fingerprint density at radius 2 is 1.88 bits per heavy atom. The van der Waals surface area contributed by atoms with Gasteiger partial charge < -0.3 is 5.32 Å². The highest BCUT2D eigenvalue weighted by Gasteiger charge is 2.13. The molecule has 2 nitrogen and oxygen atoms in total. The molecule has 0 heterocycles. The molecule has 1 rings (SSSR count). The molecule has 1 N–H and O–H groups in total. The summed E-state index contributed by atoms with van der Waals surface area (Å²) in [5.74, 6) is -1.75. The molecular formula is C11H12BrF2NO. The summed E-state index contributed by atoms with van der Waals surface area (Å²) >= 11 is 2.74. The Hall–Kier alpha value is -0.970. The number of carbonyl (C=O) groups is 1. The van der Waals surface area contributed by atoms with Gasteiger partial charge in [-0.15, -0.1) is 0 Å².